The van der Waals surface area contributed by atoms with Crippen LogP contribution in [0.2, 0.25) is 5.02 Å². The molecule has 32 heavy (non-hydrogen) atoms. The van der Waals surface area contributed by atoms with Crippen LogP contribution in [0.5, 0.6) is 0 Å². The Morgan fingerprint density at radius 2 is 2.12 bits per heavy atom. The molecule has 1 N–H and O–H groups in total. The Bertz CT molecular complexity index is 1120. The van der Waals surface area contributed by atoms with Gasteiger partial charge in [-0.3, -0.25) is 9.78 Å². The molecule has 2 aromatic heterocycles. The summed E-state index contributed by atoms with van der Waals surface area (Å²) < 4.78 is 20.5. The van der Waals surface area contributed by atoms with Crippen molar-refractivity contribution in [3.8, 4) is 5.69 Å². The predicted octanol–water partition coefficient (Wildman–Crippen LogP) is 4.59. The van der Waals surface area contributed by atoms with Crippen LogP contribution in [0.1, 0.15) is 36.3 Å². The van der Waals surface area contributed by atoms with E-state index in [2.05, 4.69) is 15.2 Å². The van der Waals surface area contributed by atoms with E-state index >= 15 is 0 Å². The van der Waals surface area contributed by atoms with Gasteiger partial charge in [-0.2, -0.15) is 0 Å². The fraction of sp³-hybridized carbons (Fsp3) is 0.261. The van der Waals surface area contributed by atoms with E-state index in [1.807, 2.05) is 41.1 Å². The van der Waals surface area contributed by atoms with Crippen molar-refractivity contribution in [3.05, 3.63) is 83.2 Å². The predicted molar refractivity (Wildman–Crippen MR) is 124 cm³/mol. The second-order valence-electron chi connectivity index (χ2n) is 7.40. The van der Waals surface area contributed by atoms with Crippen LogP contribution in [0.4, 0.5) is 4.39 Å². The number of rotatable bonds is 7. The van der Waals surface area contributed by atoms with Gasteiger partial charge in [0.25, 0.3) is 0 Å². The van der Waals surface area contributed by atoms with Crippen LogP contribution in [0.15, 0.2) is 60.9 Å². The molecule has 2 atom stereocenters. The van der Waals surface area contributed by atoms with Gasteiger partial charge in [0.15, 0.2) is 5.11 Å². The van der Waals surface area contributed by atoms with Gasteiger partial charge in [-0.1, -0.05) is 17.7 Å². The van der Waals surface area contributed by atoms with Crippen LogP contribution >= 0.6 is 23.8 Å². The zero-order chi connectivity index (χ0) is 22.7. The molecular weight excluding hydrogens is 451 g/mol. The molecule has 1 aliphatic rings. The Balaban J connectivity index is 1.72. The lowest BCUT2D eigenvalue weighted by molar-refractivity contribution is -0.140. The lowest BCUT2D eigenvalue weighted by Gasteiger charge is -2.29. The quantitative estimate of drug-likeness (QED) is 0.401. The summed E-state index contributed by atoms with van der Waals surface area (Å²) in [6.07, 6.45) is 4.53. The monoisotopic (exact) mass is 472 g/mol. The Hall–Kier alpha value is -2.97. The number of thiocarbonyl (C=S) groups is 1. The molecule has 9 heteroatoms. The smallest absolute Gasteiger partial charge is 0.305 e. The van der Waals surface area contributed by atoms with Crippen molar-refractivity contribution < 1.29 is 13.9 Å². The molecule has 4 rings (SSSR count). The van der Waals surface area contributed by atoms with Gasteiger partial charge in [0.05, 0.1) is 29.9 Å². The third-order valence-corrected chi connectivity index (χ3v) is 6.11. The van der Waals surface area contributed by atoms with Crippen molar-refractivity contribution >= 4 is 34.9 Å². The summed E-state index contributed by atoms with van der Waals surface area (Å²) in [5.41, 5.74) is 2.53. The number of hydrogen-bond acceptors (Lipinski definition) is 4. The second-order valence-corrected chi connectivity index (χ2v) is 8.20. The van der Waals surface area contributed by atoms with Gasteiger partial charge in [-0.15, -0.1) is 0 Å². The van der Waals surface area contributed by atoms with Crippen molar-refractivity contribution in [2.24, 2.45) is 0 Å². The summed E-state index contributed by atoms with van der Waals surface area (Å²) in [5, 5.41) is 4.03. The number of carbonyl (C=O) groups excluding carboxylic acids is 1. The number of ether oxygens (including phenoxy) is 1. The number of esters is 1. The first kappa shape index (κ1) is 22.2. The van der Waals surface area contributed by atoms with E-state index in [9.17, 15) is 9.18 Å². The Morgan fingerprint density at radius 3 is 2.84 bits per heavy atom. The number of aromatic nitrogens is 2. The first-order chi connectivity index (χ1) is 15.5. The maximum absolute atomic E-state index is 13.7. The fourth-order valence-corrected chi connectivity index (χ4v) is 4.48. The minimum atomic E-state index is -0.469. The molecule has 1 aliphatic heterocycles. The molecule has 0 aliphatic carbocycles. The van der Waals surface area contributed by atoms with Crippen molar-refractivity contribution in [1.29, 1.82) is 0 Å². The summed E-state index contributed by atoms with van der Waals surface area (Å²) in [7, 11) is 1.38. The third-order valence-electron chi connectivity index (χ3n) is 5.47. The van der Waals surface area contributed by atoms with Crippen LogP contribution < -0.4 is 5.32 Å². The maximum atomic E-state index is 13.7. The highest BCUT2D eigenvalue weighted by molar-refractivity contribution is 7.80. The van der Waals surface area contributed by atoms with E-state index in [0.29, 0.717) is 24.5 Å². The molecule has 3 heterocycles. The summed E-state index contributed by atoms with van der Waals surface area (Å²) in [6.45, 7) is 0.560. The van der Waals surface area contributed by atoms with Gasteiger partial charge < -0.3 is 19.5 Å². The molecule has 1 aromatic carbocycles. The summed E-state index contributed by atoms with van der Waals surface area (Å²) in [5.74, 6) is -0.728. The van der Waals surface area contributed by atoms with Gasteiger partial charge in [0, 0.05) is 36.7 Å². The molecule has 1 fully saturated rings. The first-order valence-electron chi connectivity index (χ1n) is 10.2. The van der Waals surface area contributed by atoms with Gasteiger partial charge >= 0.3 is 5.97 Å². The molecule has 0 spiro atoms. The molecular formula is C23H22ClFN4O2S. The van der Waals surface area contributed by atoms with Gasteiger partial charge in [-0.05, 0) is 61.1 Å². The number of pyridine rings is 1. The Labute approximate surface area is 196 Å². The zero-order valence-corrected chi connectivity index (χ0v) is 18.9. The summed E-state index contributed by atoms with van der Waals surface area (Å²) in [6, 6.07) is 13.9. The van der Waals surface area contributed by atoms with Crippen LogP contribution in [0, 0.1) is 5.82 Å². The SMILES string of the molecule is COC(=O)CCCN1C(=S)N[C@H](c2ccccn2)[C@H]1c1cccn1-c1ccc(F)c(Cl)c1. The maximum Gasteiger partial charge on any atom is 0.305 e. The summed E-state index contributed by atoms with van der Waals surface area (Å²) >= 11 is 11.7. The molecule has 0 radical (unpaired) electrons. The fourth-order valence-electron chi connectivity index (χ4n) is 3.97. The zero-order valence-electron chi connectivity index (χ0n) is 17.4. The molecule has 0 unspecified atom stereocenters. The van der Waals surface area contributed by atoms with Crippen LogP contribution in [-0.2, 0) is 9.53 Å². The number of benzene rings is 1. The standard InChI is InChI=1S/C23H22ClFN4O2S/c1-31-20(30)8-5-13-29-22(21(27-23(29)32)18-6-2-3-11-26-18)19-7-4-12-28(19)15-9-10-17(25)16(24)14-15/h2-4,6-7,9-12,14,21-22H,5,8,13H2,1H3,(H,27,32)/t21-,22-/m1/s1. The number of hydrogen-bond donors (Lipinski definition) is 1. The molecule has 3 aromatic rings. The average molecular weight is 473 g/mol. The van der Waals surface area contributed by atoms with Gasteiger partial charge in [0.1, 0.15) is 5.82 Å². The topological polar surface area (TPSA) is 59.4 Å². The lowest BCUT2D eigenvalue weighted by Crippen LogP contribution is -2.31. The Kier molecular flexibility index (Phi) is 6.72. The number of methoxy groups -OCH3 is 1. The highest BCUT2D eigenvalue weighted by atomic mass is 35.5. The minimum absolute atomic E-state index is 0.0541. The van der Waals surface area contributed by atoms with Crippen LogP contribution in [-0.4, -0.2) is 39.2 Å². The first-order valence-corrected chi connectivity index (χ1v) is 11.0. The second kappa shape index (κ2) is 9.67. The van der Waals surface area contributed by atoms with E-state index in [0.717, 1.165) is 17.1 Å². The molecule has 0 bridgehead atoms. The third kappa shape index (κ3) is 4.47. The lowest BCUT2D eigenvalue weighted by atomic mass is 10.0. The largest absolute Gasteiger partial charge is 0.469 e. The van der Waals surface area contributed by atoms with Crippen LogP contribution in [0.3, 0.4) is 0 Å². The van der Waals surface area contributed by atoms with Crippen molar-refractivity contribution in [2.45, 2.75) is 24.9 Å². The minimum Gasteiger partial charge on any atom is -0.469 e. The normalized spacial score (nSPS) is 18.0. The number of nitrogens with zero attached hydrogens (tertiary/aromatic N) is 3. The molecule has 0 amide bonds. The van der Waals surface area contributed by atoms with E-state index in [1.54, 1.807) is 18.3 Å². The Morgan fingerprint density at radius 1 is 1.28 bits per heavy atom. The summed E-state index contributed by atoms with van der Waals surface area (Å²) in [4.78, 5) is 18.2. The molecule has 166 valence electrons. The van der Waals surface area contributed by atoms with Gasteiger partial charge in [0.2, 0.25) is 0 Å². The average Bonchev–Trinajstić information content (AvgIpc) is 3.40. The van der Waals surface area contributed by atoms with Crippen LogP contribution in [0.25, 0.3) is 5.69 Å². The van der Waals surface area contributed by atoms with E-state index in [-0.39, 0.29) is 23.1 Å². The highest BCUT2D eigenvalue weighted by Crippen LogP contribution is 2.39. The van der Waals surface area contributed by atoms with Crippen molar-refractivity contribution in [3.63, 3.8) is 0 Å². The van der Waals surface area contributed by atoms with Gasteiger partial charge in [-0.25, -0.2) is 4.39 Å². The molecule has 0 saturated carbocycles. The number of halogens is 2. The van der Waals surface area contributed by atoms with E-state index in [4.69, 9.17) is 28.6 Å². The van der Waals surface area contributed by atoms with E-state index < -0.39 is 5.82 Å². The van der Waals surface area contributed by atoms with Crippen molar-refractivity contribution in [2.75, 3.05) is 13.7 Å². The molecule has 6 nitrogen and oxygen atoms in total. The number of carbonyl (C=O) groups is 1. The highest BCUT2D eigenvalue weighted by Gasteiger charge is 2.41. The number of nitrogens with one attached hydrogen (secondary N) is 1. The van der Waals surface area contributed by atoms with Crippen molar-refractivity contribution in [1.82, 2.24) is 19.8 Å². The van der Waals surface area contributed by atoms with E-state index in [1.165, 1.54) is 13.2 Å². The molecule has 1 saturated heterocycles.